The van der Waals surface area contributed by atoms with Crippen LogP contribution in [0.15, 0.2) is 24.4 Å². The third-order valence-electron chi connectivity index (χ3n) is 2.16. The number of nitrogens with zero attached hydrogens (tertiary/aromatic N) is 2. The number of ether oxygens (including phenoxy) is 1. The molecule has 0 fully saturated rings. The fourth-order valence-corrected chi connectivity index (χ4v) is 1.24. The maximum Gasteiger partial charge on any atom is 0.318 e. The summed E-state index contributed by atoms with van der Waals surface area (Å²) in [7, 11) is 0. The number of anilines is 1. The second-order valence-electron chi connectivity index (χ2n) is 3.50. The Labute approximate surface area is 102 Å². The molecule has 1 aromatic heterocycles. The van der Waals surface area contributed by atoms with Gasteiger partial charge in [0.25, 0.3) is 0 Å². The zero-order valence-electron chi connectivity index (χ0n) is 9.17. The molecule has 0 radical (unpaired) electrons. The van der Waals surface area contributed by atoms with Crippen molar-refractivity contribution in [2.75, 3.05) is 5.73 Å². The maximum atomic E-state index is 12.8. The van der Waals surface area contributed by atoms with Crippen LogP contribution in [0.25, 0.3) is 0 Å². The molecule has 0 atom stereocenters. The van der Waals surface area contributed by atoms with Crippen LogP contribution in [0.2, 0.25) is 0 Å². The molecule has 0 saturated carbocycles. The van der Waals surface area contributed by atoms with E-state index in [4.69, 9.17) is 15.6 Å². The van der Waals surface area contributed by atoms with Crippen LogP contribution in [0.5, 0.6) is 17.5 Å². The van der Waals surface area contributed by atoms with Gasteiger partial charge in [-0.1, -0.05) is 6.07 Å². The Bertz CT molecular complexity index is 526. The average molecular weight is 251 g/mol. The summed E-state index contributed by atoms with van der Waals surface area (Å²) in [6, 6.07) is 4.15. The molecule has 0 aliphatic heterocycles. The van der Waals surface area contributed by atoms with Gasteiger partial charge in [-0.15, -0.1) is 0 Å². The summed E-state index contributed by atoms with van der Waals surface area (Å²) >= 11 is 0. The van der Waals surface area contributed by atoms with Crippen molar-refractivity contribution in [3.05, 3.63) is 35.8 Å². The van der Waals surface area contributed by atoms with Gasteiger partial charge in [-0.2, -0.15) is 4.98 Å². The monoisotopic (exact) mass is 251 g/mol. The first-order valence-electron chi connectivity index (χ1n) is 4.98. The Morgan fingerprint density at radius 3 is 2.72 bits per heavy atom. The Balaban J connectivity index is 2.06. The smallest absolute Gasteiger partial charge is 0.318 e. The molecule has 0 saturated heterocycles. The molecule has 0 bridgehead atoms. The Morgan fingerprint density at radius 2 is 2.06 bits per heavy atom. The second-order valence-corrected chi connectivity index (χ2v) is 3.50. The quantitative estimate of drug-likeness (QED) is 0.708. The highest BCUT2D eigenvalue weighted by Crippen LogP contribution is 2.25. The molecule has 1 heterocycles. The van der Waals surface area contributed by atoms with E-state index < -0.39 is 5.82 Å². The number of aromatic hydroxyl groups is 2. The highest BCUT2D eigenvalue weighted by Gasteiger charge is 2.05. The van der Waals surface area contributed by atoms with Crippen LogP contribution in [0.3, 0.4) is 0 Å². The molecule has 0 spiro atoms. The lowest BCUT2D eigenvalue weighted by Crippen LogP contribution is -2.03. The maximum absolute atomic E-state index is 12.8. The molecule has 94 valence electrons. The van der Waals surface area contributed by atoms with Gasteiger partial charge < -0.3 is 20.7 Å². The number of hydrogen-bond donors (Lipinski definition) is 3. The fourth-order valence-electron chi connectivity index (χ4n) is 1.24. The van der Waals surface area contributed by atoms with Crippen molar-refractivity contribution in [3.8, 4) is 17.5 Å². The van der Waals surface area contributed by atoms with Gasteiger partial charge in [-0.25, -0.2) is 9.37 Å². The van der Waals surface area contributed by atoms with E-state index in [9.17, 15) is 9.50 Å². The standard InChI is InChI=1S/C11H10FN3O3/c12-7-4-14-11(15-10(7)13)18-5-6-1-2-8(16)9(17)3-6/h1-4,16-17H,5H2,(H2,13,14,15). The molecule has 0 unspecified atom stereocenters. The topological polar surface area (TPSA) is 101 Å². The molecule has 6 nitrogen and oxygen atoms in total. The van der Waals surface area contributed by atoms with Crippen molar-refractivity contribution in [1.82, 2.24) is 9.97 Å². The van der Waals surface area contributed by atoms with Crippen molar-refractivity contribution in [3.63, 3.8) is 0 Å². The van der Waals surface area contributed by atoms with E-state index in [2.05, 4.69) is 9.97 Å². The van der Waals surface area contributed by atoms with E-state index >= 15 is 0 Å². The first kappa shape index (κ1) is 11.9. The van der Waals surface area contributed by atoms with Crippen LogP contribution >= 0.6 is 0 Å². The van der Waals surface area contributed by atoms with Crippen LogP contribution in [-0.4, -0.2) is 20.2 Å². The van der Waals surface area contributed by atoms with Crippen molar-refractivity contribution in [2.45, 2.75) is 6.61 Å². The predicted molar refractivity (Wildman–Crippen MR) is 60.5 cm³/mol. The Hall–Kier alpha value is -2.57. The fraction of sp³-hybridized carbons (Fsp3) is 0.0909. The van der Waals surface area contributed by atoms with Gasteiger partial charge in [-0.05, 0) is 17.7 Å². The first-order chi connectivity index (χ1) is 8.56. The number of phenols is 2. The van der Waals surface area contributed by atoms with Crippen molar-refractivity contribution >= 4 is 5.82 Å². The van der Waals surface area contributed by atoms with E-state index in [1.54, 1.807) is 6.07 Å². The third kappa shape index (κ3) is 2.57. The van der Waals surface area contributed by atoms with Crippen molar-refractivity contribution in [2.24, 2.45) is 0 Å². The summed E-state index contributed by atoms with van der Waals surface area (Å²) in [4.78, 5) is 7.18. The number of nitrogen functional groups attached to an aromatic ring is 1. The number of hydrogen-bond acceptors (Lipinski definition) is 6. The summed E-state index contributed by atoms with van der Waals surface area (Å²) in [6.45, 7) is 0.0545. The van der Waals surface area contributed by atoms with Crippen LogP contribution in [0.1, 0.15) is 5.56 Å². The van der Waals surface area contributed by atoms with Crippen molar-refractivity contribution < 1.29 is 19.3 Å². The van der Waals surface area contributed by atoms with E-state index in [0.717, 1.165) is 6.20 Å². The highest BCUT2D eigenvalue weighted by atomic mass is 19.1. The van der Waals surface area contributed by atoms with Crippen LogP contribution in [0.4, 0.5) is 10.2 Å². The average Bonchev–Trinajstić information content (AvgIpc) is 2.35. The van der Waals surface area contributed by atoms with Gasteiger partial charge in [0.1, 0.15) is 6.61 Å². The minimum absolute atomic E-state index is 0.0545. The molecule has 1 aromatic carbocycles. The van der Waals surface area contributed by atoms with Crippen LogP contribution in [-0.2, 0) is 6.61 Å². The van der Waals surface area contributed by atoms with E-state index in [0.29, 0.717) is 5.56 Å². The van der Waals surface area contributed by atoms with Gasteiger partial charge in [0, 0.05) is 0 Å². The lowest BCUT2D eigenvalue weighted by Gasteiger charge is -2.06. The third-order valence-corrected chi connectivity index (χ3v) is 2.16. The summed E-state index contributed by atoms with van der Waals surface area (Å²) in [5.41, 5.74) is 5.85. The molecule has 0 amide bonds. The molecule has 2 aromatic rings. The zero-order valence-corrected chi connectivity index (χ0v) is 9.17. The van der Waals surface area contributed by atoms with Gasteiger partial charge in [0.2, 0.25) is 0 Å². The molecule has 18 heavy (non-hydrogen) atoms. The molecule has 0 aliphatic carbocycles. The minimum Gasteiger partial charge on any atom is -0.504 e. The molecular formula is C11H10FN3O3. The number of halogens is 1. The summed E-state index contributed by atoms with van der Waals surface area (Å²) < 4.78 is 18.0. The highest BCUT2D eigenvalue weighted by molar-refractivity contribution is 5.40. The first-order valence-corrected chi connectivity index (χ1v) is 4.98. The SMILES string of the molecule is Nc1nc(OCc2ccc(O)c(O)c2)ncc1F. The Kier molecular flexibility index (Phi) is 3.13. The molecule has 4 N–H and O–H groups in total. The Morgan fingerprint density at radius 1 is 1.28 bits per heavy atom. The normalized spacial score (nSPS) is 10.3. The van der Waals surface area contributed by atoms with Crippen LogP contribution < -0.4 is 10.5 Å². The molecule has 0 aliphatic rings. The van der Waals surface area contributed by atoms with Crippen LogP contribution in [0, 0.1) is 5.82 Å². The van der Waals surface area contributed by atoms with E-state index in [1.165, 1.54) is 12.1 Å². The number of rotatable bonds is 3. The largest absolute Gasteiger partial charge is 0.504 e. The lowest BCUT2D eigenvalue weighted by atomic mass is 10.2. The molecule has 2 rings (SSSR count). The van der Waals surface area contributed by atoms with Crippen molar-refractivity contribution in [1.29, 1.82) is 0 Å². The van der Waals surface area contributed by atoms with Gasteiger partial charge in [0.05, 0.1) is 6.20 Å². The number of phenolic OH excluding ortho intramolecular Hbond substituents is 2. The minimum atomic E-state index is -0.718. The summed E-state index contributed by atoms with van der Waals surface area (Å²) in [6.07, 6.45) is 0.909. The zero-order chi connectivity index (χ0) is 13.1. The molecule has 7 heteroatoms. The summed E-state index contributed by atoms with van der Waals surface area (Å²) in [5, 5.41) is 18.4. The number of benzene rings is 1. The predicted octanol–water partition coefficient (Wildman–Crippen LogP) is 1.19. The molecular weight excluding hydrogens is 241 g/mol. The number of aromatic nitrogens is 2. The van der Waals surface area contributed by atoms with E-state index in [-0.39, 0.29) is 29.9 Å². The number of nitrogens with two attached hydrogens (primary N) is 1. The second kappa shape index (κ2) is 4.74. The summed E-state index contributed by atoms with van der Waals surface area (Å²) in [5.74, 6) is -1.49. The van der Waals surface area contributed by atoms with Gasteiger partial charge in [0.15, 0.2) is 23.1 Å². The van der Waals surface area contributed by atoms with E-state index in [1.807, 2.05) is 0 Å². The van der Waals surface area contributed by atoms with Gasteiger partial charge in [-0.3, -0.25) is 0 Å². The lowest BCUT2D eigenvalue weighted by molar-refractivity contribution is 0.279. The van der Waals surface area contributed by atoms with Gasteiger partial charge >= 0.3 is 6.01 Å².